The van der Waals surface area contributed by atoms with E-state index in [2.05, 4.69) is 19.9 Å². The number of nitriles is 1. The molecule has 94 valence electrons. The van der Waals surface area contributed by atoms with Gasteiger partial charge in [-0.3, -0.25) is 0 Å². The molecule has 1 aliphatic heterocycles. The van der Waals surface area contributed by atoms with Gasteiger partial charge in [-0.2, -0.15) is 5.26 Å². The summed E-state index contributed by atoms with van der Waals surface area (Å²) in [4.78, 5) is 0. The van der Waals surface area contributed by atoms with Crippen LogP contribution in [-0.4, -0.2) is 4.08 Å². The number of benzene rings is 1. The molecule has 2 rings (SSSR count). The van der Waals surface area contributed by atoms with Gasteiger partial charge in [0, 0.05) is 5.02 Å². The molecule has 0 saturated heterocycles. The molecule has 2 nitrogen and oxygen atoms in total. The highest BCUT2D eigenvalue weighted by molar-refractivity contribution is 8.20. The number of nitrogens with zero attached hydrogens (tertiary/aromatic N) is 1. The minimum atomic E-state index is -0.0330. The molecule has 0 spiro atoms. The third kappa shape index (κ3) is 2.80. The van der Waals surface area contributed by atoms with Crippen LogP contribution >= 0.6 is 35.1 Å². The molecule has 0 fully saturated rings. The van der Waals surface area contributed by atoms with Crippen LogP contribution in [0.4, 0.5) is 0 Å². The van der Waals surface area contributed by atoms with Gasteiger partial charge in [0.1, 0.15) is 0 Å². The second-order valence-corrected chi connectivity index (χ2v) is 8.53. The minimum absolute atomic E-state index is 0.0106. The Balaban J connectivity index is 2.45. The van der Waals surface area contributed by atoms with Gasteiger partial charge in [0.15, 0.2) is 0 Å². The fourth-order valence-corrected chi connectivity index (χ4v) is 4.71. The molecule has 5 heteroatoms. The van der Waals surface area contributed by atoms with Gasteiger partial charge in [-0.05, 0) is 31.5 Å². The van der Waals surface area contributed by atoms with Crippen LogP contribution in [0.15, 0.2) is 34.9 Å². The summed E-state index contributed by atoms with van der Waals surface area (Å²) in [6.07, 6.45) is 0. The molecule has 0 aliphatic carbocycles. The van der Waals surface area contributed by atoms with Crippen LogP contribution in [0.3, 0.4) is 0 Å². The van der Waals surface area contributed by atoms with Gasteiger partial charge in [0.25, 0.3) is 0 Å². The van der Waals surface area contributed by atoms with Gasteiger partial charge in [0.2, 0.25) is 0 Å². The average molecular weight is 297 g/mol. The molecule has 0 saturated carbocycles. The Bertz CT molecular complexity index is 529. The van der Waals surface area contributed by atoms with E-state index in [0.717, 1.165) is 5.56 Å². The summed E-state index contributed by atoms with van der Waals surface area (Å²) in [5.41, 5.74) is 7.72. The summed E-state index contributed by atoms with van der Waals surface area (Å²) >= 11 is 9.19. The molecule has 0 amide bonds. The van der Waals surface area contributed by atoms with Gasteiger partial charge in [-0.25, -0.2) is 0 Å². The second kappa shape index (κ2) is 5.08. The quantitative estimate of drug-likeness (QED) is 0.840. The first-order valence-corrected chi connectivity index (χ1v) is 7.52. The van der Waals surface area contributed by atoms with Crippen molar-refractivity contribution in [3.63, 3.8) is 0 Å². The molecule has 1 aromatic carbocycles. The van der Waals surface area contributed by atoms with Crippen LogP contribution in [-0.2, 0) is 0 Å². The van der Waals surface area contributed by atoms with Crippen molar-refractivity contribution in [3.8, 4) is 6.07 Å². The standard InChI is InChI=1S/C13H13ClN2S2/c1-13(2)17-11(10(7-15)12(16)18-13)8-3-5-9(14)6-4-8/h3-6,11H,16H2,1-2H3. The Morgan fingerprint density at radius 3 is 2.50 bits per heavy atom. The summed E-state index contributed by atoms with van der Waals surface area (Å²) in [6.45, 7) is 4.23. The van der Waals surface area contributed by atoms with Gasteiger partial charge >= 0.3 is 0 Å². The first kappa shape index (κ1) is 13.7. The van der Waals surface area contributed by atoms with Crippen molar-refractivity contribution in [3.05, 3.63) is 45.5 Å². The van der Waals surface area contributed by atoms with E-state index in [1.807, 2.05) is 24.3 Å². The largest absolute Gasteiger partial charge is 0.393 e. The Morgan fingerprint density at radius 1 is 1.33 bits per heavy atom. The van der Waals surface area contributed by atoms with E-state index in [-0.39, 0.29) is 9.33 Å². The van der Waals surface area contributed by atoms with E-state index >= 15 is 0 Å². The maximum Gasteiger partial charge on any atom is 0.0990 e. The van der Waals surface area contributed by atoms with Crippen molar-refractivity contribution in [2.24, 2.45) is 5.73 Å². The number of hydrogen-bond donors (Lipinski definition) is 1. The summed E-state index contributed by atoms with van der Waals surface area (Å²) in [5.74, 6) is 0. The third-order valence-electron chi connectivity index (χ3n) is 2.58. The number of halogens is 1. The van der Waals surface area contributed by atoms with Crippen LogP contribution in [0.5, 0.6) is 0 Å². The lowest BCUT2D eigenvalue weighted by molar-refractivity contribution is 0.989. The summed E-state index contributed by atoms with van der Waals surface area (Å²) in [7, 11) is 0. The first-order chi connectivity index (χ1) is 8.43. The minimum Gasteiger partial charge on any atom is -0.393 e. The molecular formula is C13H13ClN2S2. The lowest BCUT2D eigenvalue weighted by Gasteiger charge is -2.34. The molecule has 1 atom stereocenters. The third-order valence-corrected chi connectivity index (χ3v) is 5.61. The summed E-state index contributed by atoms with van der Waals surface area (Å²) in [5, 5.41) is 10.6. The van der Waals surface area contributed by atoms with Crippen molar-refractivity contribution in [2.45, 2.75) is 23.2 Å². The van der Waals surface area contributed by atoms with Crippen LogP contribution in [0.2, 0.25) is 5.02 Å². The second-order valence-electron chi connectivity index (χ2n) is 4.44. The molecule has 0 aromatic heterocycles. The Kier molecular flexibility index (Phi) is 3.86. The van der Waals surface area contributed by atoms with E-state index in [1.165, 1.54) is 0 Å². The highest BCUT2D eigenvalue weighted by Crippen LogP contribution is 2.55. The van der Waals surface area contributed by atoms with Crippen LogP contribution in [0.1, 0.15) is 24.7 Å². The Labute approximate surface area is 121 Å². The van der Waals surface area contributed by atoms with Crippen molar-refractivity contribution >= 4 is 35.1 Å². The van der Waals surface area contributed by atoms with Crippen molar-refractivity contribution in [1.29, 1.82) is 5.26 Å². The molecule has 2 N–H and O–H groups in total. The molecule has 0 bridgehead atoms. The van der Waals surface area contributed by atoms with E-state index in [4.69, 9.17) is 17.3 Å². The Morgan fingerprint density at radius 2 is 1.94 bits per heavy atom. The summed E-state index contributed by atoms with van der Waals surface area (Å²) < 4.78 is -0.0330. The van der Waals surface area contributed by atoms with Gasteiger partial charge < -0.3 is 5.73 Å². The number of nitrogens with two attached hydrogens (primary N) is 1. The molecular weight excluding hydrogens is 284 g/mol. The highest BCUT2D eigenvalue weighted by atomic mass is 35.5. The molecule has 1 unspecified atom stereocenters. The predicted molar refractivity (Wildman–Crippen MR) is 80.3 cm³/mol. The Hall–Kier alpha value is -0.760. The van der Waals surface area contributed by atoms with E-state index in [0.29, 0.717) is 15.6 Å². The van der Waals surface area contributed by atoms with E-state index in [1.54, 1.807) is 23.5 Å². The highest BCUT2D eigenvalue weighted by Gasteiger charge is 2.35. The maximum absolute atomic E-state index is 9.28. The summed E-state index contributed by atoms with van der Waals surface area (Å²) in [6, 6.07) is 9.83. The number of thioether (sulfide) groups is 2. The topological polar surface area (TPSA) is 49.8 Å². The zero-order valence-electron chi connectivity index (χ0n) is 10.1. The molecule has 1 aliphatic rings. The average Bonchev–Trinajstić information content (AvgIpc) is 2.28. The predicted octanol–water partition coefficient (Wildman–Crippen LogP) is 4.29. The number of hydrogen-bond acceptors (Lipinski definition) is 4. The molecule has 18 heavy (non-hydrogen) atoms. The zero-order chi connectivity index (χ0) is 13.3. The van der Waals surface area contributed by atoms with E-state index in [9.17, 15) is 5.26 Å². The van der Waals surface area contributed by atoms with Crippen molar-refractivity contribution < 1.29 is 0 Å². The fraction of sp³-hybridized carbons (Fsp3) is 0.308. The lowest BCUT2D eigenvalue weighted by Crippen LogP contribution is -2.22. The molecule has 0 radical (unpaired) electrons. The molecule has 1 heterocycles. The van der Waals surface area contributed by atoms with Crippen molar-refractivity contribution in [1.82, 2.24) is 0 Å². The monoisotopic (exact) mass is 296 g/mol. The molecule has 1 aromatic rings. The van der Waals surface area contributed by atoms with Gasteiger partial charge in [0.05, 0.1) is 26.0 Å². The van der Waals surface area contributed by atoms with Crippen LogP contribution < -0.4 is 5.73 Å². The van der Waals surface area contributed by atoms with Crippen molar-refractivity contribution in [2.75, 3.05) is 0 Å². The van der Waals surface area contributed by atoms with Gasteiger partial charge in [-0.15, -0.1) is 11.8 Å². The fourth-order valence-electron chi connectivity index (χ4n) is 1.80. The van der Waals surface area contributed by atoms with Gasteiger partial charge in [-0.1, -0.05) is 35.5 Å². The van der Waals surface area contributed by atoms with E-state index < -0.39 is 0 Å². The number of rotatable bonds is 1. The normalized spacial score (nSPS) is 22.7. The SMILES string of the molecule is CC1(C)SC(N)=C(C#N)C(c2ccc(Cl)cc2)S1. The van der Waals surface area contributed by atoms with Crippen LogP contribution in [0, 0.1) is 11.3 Å². The van der Waals surface area contributed by atoms with Crippen LogP contribution in [0.25, 0.3) is 0 Å². The maximum atomic E-state index is 9.28. The first-order valence-electron chi connectivity index (χ1n) is 5.45. The smallest absolute Gasteiger partial charge is 0.0990 e. The lowest BCUT2D eigenvalue weighted by atomic mass is 10.1. The zero-order valence-corrected chi connectivity index (χ0v) is 12.5.